The van der Waals surface area contributed by atoms with Crippen molar-refractivity contribution in [3.63, 3.8) is 0 Å². The van der Waals surface area contributed by atoms with E-state index in [1.165, 1.54) is 5.56 Å². The zero-order chi connectivity index (χ0) is 11.2. The summed E-state index contributed by atoms with van der Waals surface area (Å²) >= 11 is 0. The van der Waals surface area contributed by atoms with Crippen molar-refractivity contribution in [2.75, 3.05) is 0 Å². The predicted octanol–water partition coefficient (Wildman–Crippen LogP) is 3.41. The van der Waals surface area contributed by atoms with Gasteiger partial charge in [0.25, 0.3) is 0 Å². The molecule has 0 saturated heterocycles. The standard InChI is InChI=1S/C14H17NO/c1-2-14-11-13(15-16-14)10-6-9-12-7-4-3-5-8-12/h3-5,7-8,11H,2,6,9-10H2,1H3. The lowest BCUT2D eigenvalue weighted by atomic mass is 10.1. The summed E-state index contributed by atoms with van der Waals surface area (Å²) in [5.74, 6) is 0.981. The first-order valence-corrected chi connectivity index (χ1v) is 5.87. The number of aryl methyl sites for hydroxylation is 3. The lowest BCUT2D eigenvalue weighted by Crippen LogP contribution is -1.89. The quantitative estimate of drug-likeness (QED) is 0.764. The summed E-state index contributed by atoms with van der Waals surface area (Å²) in [6.07, 6.45) is 4.15. The van der Waals surface area contributed by atoms with Crippen molar-refractivity contribution in [3.05, 3.63) is 53.4 Å². The third-order valence-corrected chi connectivity index (χ3v) is 2.70. The smallest absolute Gasteiger partial charge is 0.136 e. The first-order valence-electron chi connectivity index (χ1n) is 5.87. The molecule has 0 N–H and O–H groups in total. The van der Waals surface area contributed by atoms with E-state index in [4.69, 9.17) is 4.52 Å². The summed E-state index contributed by atoms with van der Waals surface area (Å²) in [5, 5.41) is 4.04. The molecular formula is C14H17NO. The van der Waals surface area contributed by atoms with Crippen molar-refractivity contribution in [1.82, 2.24) is 5.16 Å². The van der Waals surface area contributed by atoms with E-state index in [0.717, 1.165) is 37.1 Å². The van der Waals surface area contributed by atoms with Gasteiger partial charge in [0.1, 0.15) is 5.76 Å². The van der Waals surface area contributed by atoms with Gasteiger partial charge in [-0.2, -0.15) is 0 Å². The Labute approximate surface area is 96.3 Å². The number of rotatable bonds is 5. The van der Waals surface area contributed by atoms with Crippen LogP contribution in [0.5, 0.6) is 0 Å². The first kappa shape index (κ1) is 10.9. The Morgan fingerprint density at radius 3 is 2.62 bits per heavy atom. The van der Waals surface area contributed by atoms with Crippen LogP contribution in [-0.4, -0.2) is 5.16 Å². The molecule has 0 spiro atoms. The molecule has 84 valence electrons. The molecule has 0 aliphatic carbocycles. The van der Waals surface area contributed by atoms with Crippen LogP contribution >= 0.6 is 0 Å². The average Bonchev–Trinajstić information content (AvgIpc) is 2.78. The monoisotopic (exact) mass is 215 g/mol. The van der Waals surface area contributed by atoms with E-state index >= 15 is 0 Å². The Hall–Kier alpha value is -1.57. The van der Waals surface area contributed by atoms with Gasteiger partial charge in [-0.3, -0.25) is 0 Å². The lowest BCUT2D eigenvalue weighted by Gasteiger charge is -1.98. The van der Waals surface area contributed by atoms with Crippen molar-refractivity contribution >= 4 is 0 Å². The van der Waals surface area contributed by atoms with Gasteiger partial charge in [0.15, 0.2) is 0 Å². The first-order chi connectivity index (χ1) is 7.88. The molecule has 2 nitrogen and oxygen atoms in total. The SMILES string of the molecule is CCc1cc(CCCc2ccccc2)no1. The highest BCUT2D eigenvalue weighted by Crippen LogP contribution is 2.09. The normalized spacial score (nSPS) is 10.6. The van der Waals surface area contributed by atoms with Crippen molar-refractivity contribution < 1.29 is 4.52 Å². The third kappa shape index (κ3) is 2.96. The second-order valence-corrected chi connectivity index (χ2v) is 3.98. The number of nitrogens with zero attached hydrogens (tertiary/aromatic N) is 1. The van der Waals surface area contributed by atoms with Crippen LogP contribution in [0.2, 0.25) is 0 Å². The second-order valence-electron chi connectivity index (χ2n) is 3.98. The maximum Gasteiger partial charge on any atom is 0.136 e. The molecular weight excluding hydrogens is 198 g/mol. The highest BCUT2D eigenvalue weighted by atomic mass is 16.5. The van der Waals surface area contributed by atoms with Gasteiger partial charge in [0, 0.05) is 12.5 Å². The second kappa shape index (κ2) is 5.50. The molecule has 16 heavy (non-hydrogen) atoms. The number of aromatic nitrogens is 1. The zero-order valence-electron chi connectivity index (χ0n) is 9.65. The van der Waals surface area contributed by atoms with Crippen LogP contribution in [0.15, 0.2) is 40.9 Å². The molecule has 2 aromatic rings. The summed E-state index contributed by atoms with van der Waals surface area (Å²) in [4.78, 5) is 0. The van der Waals surface area contributed by atoms with Crippen LogP contribution in [0.1, 0.15) is 30.4 Å². The van der Waals surface area contributed by atoms with Crippen molar-refractivity contribution in [2.45, 2.75) is 32.6 Å². The fraction of sp³-hybridized carbons (Fsp3) is 0.357. The molecule has 2 rings (SSSR count). The van der Waals surface area contributed by atoms with Crippen molar-refractivity contribution in [1.29, 1.82) is 0 Å². The zero-order valence-corrected chi connectivity index (χ0v) is 9.65. The predicted molar refractivity (Wildman–Crippen MR) is 64.3 cm³/mol. The number of benzene rings is 1. The minimum Gasteiger partial charge on any atom is -0.361 e. The van der Waals surface area contributed by atoms with Crippen molar-refractivity contribution in [3.8, 4) is 0 Å². The minimum atomic E-state index is 0.922. The van der Waals surface area contributed by atoms with Crippen LogP contribution in [0.3, 0.4) is 0 Å². The average molecular weight is 215 g/mol. The van der Waals surface area contributed by atoms with Gasteiger partial charge in [-0.15, -0.1) is 0 Å². The van der Waals surface area contributed by atoms with E-state index < -0.39 is 0 Å². The van der Waals surface area contributed by atoms with E-state index in [2.05, 4.69) is 48.5 Å². The van der Waals surface area contributed by atoms with Gasteiger partial charge in [0.2, 0.25) is 0 Å². The molecule has 1 heterocycles. The summed E-state index contributed by atoms with van der Waals surface area (Å²) in [6.45, 7) is 2.08. The van der Waals surface area contributed by atoms with Crippen LogP contribution in [0.4, 0.5) is 0 Å². The molecule has 0 amide bonds. The molecule has 2 heteroatoms. The van der Waals surface area contributed by atoms with Crippen molar-refractivity contribution in [2.24, 2.45) is 0 Å². The highest BCUT2D eigenvalue weighted by Gasteiger charge is 2.01. The summed E-state index contributed by atoms with van der Waals surface area (Å²) in [6, 6.07) is 12.6. The molecule has 0 bridgehead atoms. The maximum absolute atomic E-state index is 5.17. The van der Waals surface area contributed by atoms with E-state index in [9.17, 15) is 0 Å². The maximum atomic E-state index is 5.17. The summed E-state index contributed by atoms with van der Waals surface area (Å²) < 4.78 is 5.17. The molecule has 1 aromatic heterocycles. The molecule has 0 aliphatic heterocycles. The van der Waals surface area contributed by atoms with Gasteiger partial charge in [-0.05, 0) is 24.8 Å². The van der Waals surface area contributed by atoms with Crippen LogP contribution in [0, 0.1) is 0 Å². The highest BCUT2D eigenvalue weighted by molar-refractivity contribution is 5.15. The van der Waals surface area contributed by atoms with E-state index in [-0.39, 0.29) is 0 Å². The fourth-order valence-corrected chi connectivity index (χ4v) is 1.76. The van der Waals surface area contributed by atoms with Gasteiger partial charge < -0.3 is 4.52 Å². The minimum absolute atomic E-state index is 0.922. The molecule has 0 unspecified atom stereocenters. The van der Waals surface area contributed by atoms with Gasteiger partial charge in [0.05, 0.1) is 5.69 Å². The Balaban J connectivity index is 1.80. The third-order valence-electron chi connectivity index (χ3n) is 2.70. The van der Waals surface area contributed by atoms with Crippen LogP contribution in [-0.2, 0) is 19.3 Å². The van der Waals surface area contributed by atoms with Gasteiger partial charge in [-0.25, -0.2) is 0 Å². The van der Waals surface area contributed by atoms with Gasteiger partial charge in [-0.1, -0.05) is 42.4 Å². The summed E-state index contributed by atoms with van der Waals surface area (Å²) in [5.41, 5.74) is 2.47. The van der Waals surface area contributed by atoms with Gasteiger partial charge >= 0.3 is 0 Å². The molecule has 0 fully saturated rings. The largest absolute Gasteiger partial charge is 0.361 e. The lowest BCUT2D eigenvalue weighted by molar-refractivity contribution is 0.380. The van der Waals surface area contributed by atoms with E-state index in [1.807, 2.05) is 0 Å². The molecule has 0 atom stereocenters. The molecule has 0 radical (unpaired) electrons. The molecule has 1 aromatic carbocycles. The fourth-order valence-electron chi connectivity index (χ4n) is 1.76. The summed E-state index contributed by atoms with van der Waals surface area (Å²) in [7, 11) is 0. The molecule has 0 saturated carbocycles. The Morgan fingerprint density at radius 1 is 1.12 bits per heavy atom. The Bertz CT molecular complexity index is 419. The van der Waals surface area contributed by atoms with Crippen LogP contribution < -0.4 is 0 Å². The topological polar surface area (TPSA) is 26.0 Å². The number of hydrogen-bond donors (Lipinski definition) is 0. The van der Waals surface area contributed by atoms with E-state index in [0.29, 0.717) is 0 Å². The van der Waals surface area contributed by atoms with E-state index in [1.54, 1.807) is 0 Å². The Kier molecular flexibility index (Phi) is 3.76. The molecule has 0 aliphatic rings. The number of hydrogen-bond acceptors (Lipinski definition) is 2. The van der Waals surface area contributed by atoms with Crippen LogP contribution in [0.25, 0.3) is 0 Å². The Morgan fingerprint density at radius 2 is 1.94 bits per heavy atom.